The molecule has 0 heterocycles. The van der Waals surface area contributed by atoms with Crippen LogP contribution in [0.15, 0.2) is 0 Å². The first-order valence-corrected chi connectivity index (χ1v) is 9.41. The molecule has 0 fully saturated rings. The third kappa shape index (κ3) is 49.7. The Bertz CT molecular complexity index is 253. The zero-order chi connectivity index (χ0) is 15.7. The molecule has 7 heteroatoms. The van der Waals surface area contributed by atoms with E-state index in [1.165, 1.54) is 83.5 Å². The molecule has 0 aromatic heterocycles. The van der Waals surface area contributed by atoms with Crippen molar-refractivity contribution in [1.82, 2.24) is 0 Å². The summed E-state index contributed by atoms with van der Waals surface area (Å²) in [4.78, 5) is 0. The summed E-state index contributed by atoms with van der Waals surface area (Å²) >= 11 is 0. The van der Waals surface area contributed by atoms with Gasteiger partial charge in [-0.2, -0.15) is 0 Å². The Hall–Kier alpha value is 1.06. The SMILES string of the molecule is CCCCCCCCCCCCCCC.O=S(=O)([O-])[O-].[Li+].[Li+]. The second-order valence-corrected chi connectivity index (χ2v) is 6.11. The van der Waals surface area contributed by atoms with E-state index in [4.69, 9.17) is 17.5 Å². The Morgan fingerprint density at radius 3 is 0.818 bits per heavy atom. The number of rotatable bonds is 12. The van der Waals surface area contributed by atoms with E-state index >= 15 is 0 Å². The van der Waals surface area contributed by atoms with Gasteiger partial charge in [0.15, 0.2) is 0 Å². The molecule has 0 aromatic rings. The molecule has 0 bridgehead atoms. The molecule has 0 N–H and O–H groups in total. The standard InChI is InChI=1S/C15H32.2Li.H2O4S/c1-3-5-7-9-11-13-15-14-12-10-8-6-4-2;;;1-5(2,3)4/h3-15H2,1-2H3;;;(H2,1,2,3,4)/q;2*+1;/p-2. The van der Waals surface area contributed by atoms with Gasteiger partial charge in [0, 0.05) is 10.4 Å². The van der Waals surface area contributed by atoms with Gasteiger partial charge < -0.3 is 9.11 Å². The molecule has 0 amide bonds. The average Bonchev–Trinajstić information content (AvgIpc) is 2.34. The molecule has 0 aliphatic carbocycles. The fourth-order valence-corrected chi connectivity index (χ4v) is 2.09. The van der Waals surface area contributed by atoms with Crippen LogP contribution in [0, 0.1) is 0 Å². The average molecular weight is 322 g/mol. The quantitative estimate of drug-likeness (QED) is 0.195. The van der Waals surface area contributed by atoms with Gasteiger partial charge in [0.05, 0.1) is 0 Å². The predicted octanol–water partition coefficient (Wildman–Crippen LogP) is -1.23. The Kier molecular flexibility index (Phi) is 34.2. The molecule has 0 atom stereocenters. The summed E-state index contributed by atoms with van der Waals surface area (Å²) in [5.41, 5.74) is 0. The Balaban J connectivity index is -0.000000201. The maximum Gasteiger partial charge on any atom is 1.00 e. The summed E-state index contributed by atoms with van der Waals surface area (Å²) in [5, 5.41) is 0. The summed E-state index contributed by atoms with van der Waals surface area (Å²) in [6, 6.07) is 0. The molecule has 0 aliphatic heterocycles. The minimum atomic E-state index is -5.17. The number of hydrogen-bond acceptors (Lipinski definition) is 4. The van der Waals surface area contributed by atoms with Gasteiger partial charge in [-0.25, -0.2) is 0 Å². The van der Waals surface area contributed by atoms with E-state index in [2.05, 4.69) is 13.8 Å². The maximum atomic E-state index is 8.52. The van der Waals surface area contributed by atoms with Crippen molar-refractivity contribution in [1.29, 1.82) is 0 Å². The van der Waals surface area contributed by atoms with Gasteiger partial charge in [-0.15, -0.1) is 0 Å². The van der Waals surface area contributed by atoms with E-state index in [1.807, 2.05) is 0 Å². The summed E-state index contributed by atoms with van der Waals surface area (Å²) < 4.78 is 34.1. The predicted molar refractivity (Wildman–Crippen MR) is 81.8 cm³/mol. The fourth-order valence-electron chi connectivity index (χ4n) is 2.09. The minimum absolute atomic E-state index is 0. The fraction of sp³-hybridized carbons (Fsp3) is 1.00. The van der Waals surface area contributed by atoms with E-state index in [9.17, 15) is 0 Å². The summed E-state index contributed by atoms with van der Waals surface area (Å²) in [6.07, 6.45) is 18.9. The number of unbranched alkanes of at least 4 members (excludes halogenated alkanes) is 12. The van der Waals surface area contributed by atoms with Crippen molar-refractivity contribution in [3.63, 3.8) is 0 Å². The Morgan fingerprint density at radius 1 is 0.545 bits per heavy atom. The van der Waals surface area contributed by atoms with Crippen LogP contribution in [0.3, 0.4) is 0 Å². The van der Waals surface area contributed by atoms with Crippen molar-refractivity contribution in [2.45, 2.75) is 97.3 Å². The molecule has 0 saturated carbocycles. The van der Waals surface area contributed by atoms with Crippen LogP contribution in [-0.2, 0) is 10.4 Å². The van der Waals surface area contributed by atoms with E-state index in [0.717, 1.165) is 0 Å². The van der Waals surface area contributed by atoms with Crippen LogP contribution in [0.2, 0.25) is 0 Å². The van der Waals surface area contributed by atoms with Gasteiger partial charge in [0.25, 0.3) is 0 Å². The van der Waals surface area contributed by atoms with Gasteiger partial charge in [0.1, 0.15) is 0 Å². The molecule has 124 valence electrons. The van der Waals surface area contributed by atoms with Gasteiger partial charge in [-0.3, -0.25) is 8.42 Å². The third-order valence-electron chi connectivity index (χ3n) is 3.21. The summed E-state index contributed by atoms with van der Waals surface area (Å²) in [7, 11) is -5.17. The van der Waals surface area contributed by atoms with Crippen molar-refractivity contribution in [3.8, 4) is 0 Å². The van der Waals surface area contributed by atoms with Crippen molar-refractivity contribution in [2.75, 3.05) is 0 Å². The molecule has 0 saturated heterocycles. The van der Waals surface area contributed by atoms with Crippen LogP contribution in [0.4, 0.5) is 0 Å². The minimum Gasteiger partial charge on any atom is -0.759 e. The van der Waals surface area contributed by atoms with E-state index in [1.54, 1.807) is 0 Å². The normalized spacial score (nSPS) is 10.0. The van der Waals surface area contributed by atoms with E-state index in [-0.39, 0.29) is 37.7 Å². The van der Waals surface area contributed by atoms with Crippen molar-refractivity contribution >= 4 is 10.4 Å². The van der Waals surface area contributed by atoms with Gasteiger partial charge in [0.2, 0.25) is 0 Å². The summed E-state index contributed by atoms with van der Waals surface area (Å²) in [6.45, 7) is 4.58. The smallest absolute Gasteiger partial charge is 0.759 e. The largest absolute Gasteiger partial charge is 1.00 e. The van der Waals surface area contributed by atoms with Crippen molar-refractivity contribution in [2.24, 2.45) is 0 Å². The monoisotopic (exact) mass is 322 g/mol. The first-order chi connectivity index (χ1) is 9.41. The van der Waals surface area contributed by atoms with Crippen LogP contribution >= 0.6 is 0 Å². The maximum absolute atomic E-state index is 8.52. The molecule has 0 aliphatic rings. The van der Waals surface area contributed by atoms with Crippen LogP contribution in [0.5, 0.6) is 0 Å². The summed E-state index contributed by atoms with van der Waals surface area (Å²) in [5.74, 6) is 0. The zero-order valence-electron chi connectivity index (χ0n) is 15.2. The molecular weight excluding hydrogens is 290 g/mol. The first-order valence-electron chi connectivity index (χ1n) is 8.08. The van der Waals surface area contributed by atoms with Crippen LogP contribution in [0.25, 0.3) is 0 Å². The van der Waals surface area contributed by atoms with Crippen molar-refractivity contribution in [3.05, 3.63) is 0 Å². The molecule has 0 radical (unpaired) electrons. The molecule has 0 spiro atoms. The van der Waals surface area contributed by atoms with Crippen LogP contribution in [-0.4, -0.2) is 17.5 Å². The molecular formula is C15H32Li2O4S. The topological polar surface area (TPSA) is 80.3 Å². The molecule has 4 nitrogen and oxygen atoms in total. The third-order valence-corrected chi connectivity index (χ3v) is 3.21. The Labute approximate surface area is 162 Å². The molecule has 0 rings (SSSR count). The van der Waals surface area contributed by atoms with Gasteiger partial charge >= 0.3 is 37.7 Å². The Morgan fingerprint density at radius 2 is 0.682 bits per heavy atom. The van der Waals surface area contributed by atoms with E-state index in [0.29, 0.717) is 0 Å². The zero-order valence-corrected chi connectivity index (χ0v) is 16.1. The van der Waals surface area contributed by atoms with Crippen LogP contribution in [0.1, 0.15) is 97.3 Å². The second-order valence-electron chi connectivity index (χ2n) is 5.30. The van der Waals surface area contributed by atoms with E-state index < -0.39 is 10.4 Å². The van der Waals surface area contributed by atoms with Crippen molar-refractivity contribution < 1.29 is 55.2 Å². The van der Waals surface area contributed by atoms with Gasteiger partial charge in [-0.05, 0) is 0 Å². The van der Waals surface area contributed by atoms with Gasteiger partial charge in [-0.1, -0.05) is 97.3 Å². The number of hydrogen-bond donors (Lipinski definition) is 0. The second kappa shape index (κ2) is 24.3. The van der Waals surface area contributed by atoms with Crippen LogP contribution < -0.4 is 37.7 Å². The molecule has 0 unspecified atom stereocenters. The first kappa shape index (κ1) is 30.9. The molecule has 0 aromatic carbocycles. The molecule has 22 heavy (non-hydrogen) atoms.